The highest BCUT2D eigenvalue weighted by Crippen LogP contribution is 2.44. The number of nitrogens with one attached hydrogen (secondary N) is 1. The number of carbonyl (C=O) groups excluding carboxylic acids is 1. The fourth-order valence-corrected chi connectivity index (χ4v) is 5.99. The van der Waals surface area contributed by atoms with Crippen molar-refractivity contribution in [3.8, 4) is 5.75 Å². The molecule has 0 unspecified atom stereocenters. The van der Waals surface area contributed by atoms with Gasteiger partial charge >= 0.3 is 0 Å². The van der Waals surface area contributed by atoms with Gasteiger partial charge in [0.05, 0.1) is 28.3 Å². The molecule has 2 bridgehead atoms. The molecule has 2 aliphatic carbocycles. The molecule has 2 aromatic rings. The Bertz CT molecular complexity index is 1060. The van der Waals surface area contributed by atoms with E-state index in [9.17, 15) is 13.2 Å². The summed E-state index contributed by atoms with van der Waals surface area (Å²) in [7, 11) is -0.819. The van der Waals surface area contributed by atoms with Crippen molar-refractivity contribution in [1.82, 2.24) is 5.32 Å². The van der Waals surface area contributed by atoms with E-state index in [1.165, 1.54) is 45.2 Å². The number of benzene rings is 2. The standard InChI is InChI=1S/C22H25ClN2O4S/c1-25(30(27,28)18-8-6-17(29-2)7-9-18)16-5-10-20(23)19(13-16)22(26)24-21-12-14-3-4-15(21)11-14/h5-10,13-15,21H,3-4,11-12H2,1-2H3,(H,24,26)/t14-,15-,21-/m0/s1. The van der Waals surface area contributed by atoms with E-state index >= 15 is 0 Å². The Balaban J connectivity index is 1.56. The molecule has 2 saturated carbocycles. The molecular formula is C22H25ClN2O4S. The highest BCUT2D eigenvalue weighted by Gasteiger charge is 2.40. The number of sulfonamides is 1. The smallest absolute Gasteiger partial charge is 0.264 e. The van der Waals surface area contributed by atoms with Crippen LogP contribution in [0.15, 0.2) is 47.4 Å². The van der Waals surface area contributed by atoms with E-state index in [1.807, 2.05) is 0 Å². The summed E-state index contributed by atoms with van der Waals surface area (Å²) >= 11 is 6.28. The molecule has 0 aliphatic heterocycles. The zero-order chi connectivity index (χ0) is 21.5. The molecule has 0 aromatic heterocycles. The Morgan fingerprint density at radius 1 is 1.13 bits per heavy atom. The van der Waals surface area contributed by atoms with Gasteiger partial charge in [0.25, 0.3) is 15.9 Å². The first kappa shape index (κ1) is 21.0. The van der Waals surface area contributed by atoms with Gasteiger partial charge in [-0.15, -0.1) is 0 Å². The summed E-state index contributed by atoms with van der Waals surface area (Å²) in [4.78, 5) is 13.0. The van der Waals surface area contributed by atoms with E-state index in [0.717, 1.165) is 17.1 Å². The van der Waals surface area contributed by atoms with Crippen molar-refractivity contribution >= 4 is 33.2 Å². The second kappa shape index (κ2) is 8.12. The van der Waals surface area contributed by atoms with Crippen LogP contribution >= 0.6 is 11.6 Å². The molecule has 0 radical (unpaired) electrons. The summed E-state index contributed by atoms with van der Waals surface area (Å²) in [5.74, 6) is 1.57. The number of anilines is 1. The van der Waals surface area contributed by atoms with Gasteiger partial charge in [-0.2, -0.15) is 0 Å². The Morgan fingerprint density at radius 3 is 2.47 bits per heavy atom. The van der Waals surface area contributed by atoms with Crippen molar-refractivity contribution in [3.63, 3.8) is 0 Å². The van der Waals surface area contributed by atoms with Gasteiger partial charge in [-0.1, -0.05) is 18.0 Å². The number of amides is 1. The lowest BCUT2D eigenvalue weighted by Gasteiger charge is -2.24. The van der Waals surface area contributed by atoms with Crippen LogP contribution < -0.4 is 14.4 Å². The summed E-state index contributed by atoms with van der Waals surface area (Å²) in [5, 5.41) is 3.41. The van der Waals surface area contributed by atoms with Gasteiger partial charge in [0, 0.05) is 13.1 Å². The van der Waals surface area contributed by atoms with Crippen molar-refractivity contribution < 1.29 is 17.9 Å². The van der Waals surface area contributed by atoms with Crippen molar-refractivity contribution in [2.45, 2.75) is 36.6 Å². The quantitative estimate of drug-likeness (QED) is 0.722. The van der Waals surface area contributed by atoms with Crippen molar-refractivity contribution in [2.24, 2.45) is 11.8 Å². The Hall–Kier alpha value is -2.25. The van der Waals surface area contributed by atoms with E-state index in [-0.39, 0.29) is 22.4 Å². The SMILES string of the molecule is COc1ccc(S(=O)(=O)N(C)c2ccc(Cl)c(C(=O)N[C@H]3C[C@H]4CC[C@H]3C4)c2)cc1. The predicted molar refractivity (Wildman–Crippen MR) is 117 cm³/mol. The van der Waals surface area contributed by atoms with Gasteiger partial charge in [0.15, 0.2) is 0 Å². The van der Waals surface area contributed by atoms with E-state index in [2.05, 4.69) is 5.32 Å². The highest BCUT2D eigenvalue weighted by atomic mass is 35.5. The third kappa shape index (κ3) is 3.88. The summed E-state index contributed by atoms with van der Waals surface area (Å²) in [6.07, 6.45) is 4.61. The molecule has 8 heteroatoms. The minimum absolute atomic E-state index is 0.133. The number of halogens is 1. The van der Waals surface area contributed by atoms with E-state index in [1.54, 1.807) is 24.3 Å². The number of hydrogen-bond acceptors (Lipinski definition) is 4. The van der Waals surface area contributed by atoms with Crippen LogP contribution in [0.5, 0.6) is 5.75 Å². The molecule has 1 N–H and O–H groups in total. The maximum absolute atomic E-state index is 13.0. The number of methoxy groups -OCH3 is 1. The van der Waals surface area contributed by atoms with Crippen LogP contribution in [0.3, 0.4) is 0 Å². The van der Waals surface area contributed by atoms with E-state index in [4.69, 9.17) is 16.3 Å². The average molecular weight is 449 g/mol. The Kier molecular flexibility index (Phi) is 5.68. The number of fused-ring (bicyclic) bond motifs is 2. The lowest BCUT2D eigenvalue weighted by molar-refractivity contribution is 0.0923. The molecular weight excluding hydrogens is 424 g/mol. The highest BCUT2D eigenvalue weighted by molar-refractivity contribution is 7.92. The fraction of sp³-hybridized carbons (Fsp3) is 0.409. The molecule has 160 valence electrons. The molecule has 2 aromatic carbocycles. The maximum Gasteiger partial charge on any atom is 0.264 e. The number of carbonyl (C=O) groups is 1. The second-order valence-electron chi connectivity index (χ2n) is 8.07. The predicted octanol–water partition coefficient (Wildman–Crippen LogP) is 4.09. The Morgan fingerprint density at radius 2 is 1.87 bits per heavy atom. The molecule has 6 nitrogen and oxygen atoms in total. The lowest BCUT2D eigenvalue weighted by Crippen LogP contribution is -2.38. The largest absolute Gasteiger partial charge is 0.497 e. The van der Waals surface area contributed by atoms with E-state index < -0.39 is 10.0 Å². The average Bonchev–Trinajstić information content (AvgIpc) is 3.36. The van der Waals surface area contributed by atoms with Gasteiger partial charge in [-0.05, 0) is 73.6 Å². The first-order valence-corrected chi connectivity index (χ1v) is 11.8. The van der Waals surface area contributed by atoms with Crippen LogP contribution in [0.4, 0.5) is 5.69 Å². The maximum atomic E-state index is 13.0. The van der Waals surface area contributed by atoms with Crippen LogP contribution in [-0.2, 0) is 10.0 Å². The zero-order valence-electron chi connectivity index (χ0n) is 17.0. The summed E-state index contributed by atoms with van der Waals surface area (Å²) < 4.78 is 32.3. The molecule has 2 fully saturated rings. The number of nitrogens with zero attached hydrogens (tertiary/aromatic N) is 1. The van der Waals surface area contributed by atoms with Gasteiger partial charge in [-0.25, -0.2) is 8.42 Å². The Labute approximate surface area is 182 Å². The second-order valence-corrected chi connectivity index (χ2v) is 10.4. The molecule has 0 saturated heterocycles. The van der Waals surface area contributed by atoms with Crippen molar-refractivity contribution in [2.75, 3.05) is 18.5 Å². The van der Waals surface area contributed by atoms with Crippen LogP contribution in [0, 0.1) is 11.8 Å². The first-order valence-electron chi connectivity index (χ1n) is 10.0. The molecule has 2 aliphatic rings. The van der Waals surface area contributed by atoms with Crippen LogP contribution in [0.25, 0.3) is 0 Å². The molecule has 3 atom stereocenters. The zero-order valence-corrected chi connectivity index (χ0v) is 18.5. The molecule has 4 rings (SSSR count). The first-order chi connectivity index (χ1) is 14.3. The monoisotopic (exact) mass is 448 g/mol. The lowest BCUT2D eigenvalue weighted by atomic mass is 9.95. The van der Waals surface area contributed by atoms with Crippen LogP contribution in [0.2, 0.25) is 5.02 Å². The summed E-state index contributed by atoms with van der Waals surface area (Å²) in [5.41, 5.74) is 0.655. The summed E-state index contributed by atoms with van der Waals surface area (Å²) in [6, 6.07) is 11.0. The van der Waals surface area contributed by atoms with Crippen LogP contribution in [-0.4, -0.2) is 34.5 Å². The van der Waals surface area contributed by atoms with Gasteiger partial charge in [-0.3, -0.25) is 9.10 Å². The molecule has 30 heavy (non-hydrogen) atoms. The summed E-state index contributed by atoms with van der Waals surface area (Å²) in [6.45, 7) is 0. The third-order valence-corrected chi connectivity index (χ3v) is 8.46. The molecule has 0 heterocycles. The topological polar surface area (TPSA) is 75.7 Å². The van der Waals surface area contributed by atoms with Crippen molar-refractivity contribution in [1.29, 1.82) is 0 Å². The third-order valence-electron chi connectivity index (χ3n) is 6.33. The number of rotatable bonds is 6. The van der Waals surface area contributed by atoms with Crippen LogP contribution in [0.1, 0.15) is 36.0 Å². The normalized spacial score (nSPS) is 22.7. The minimum Gasteiger partial charge on any atom is -0.497 e. The number of hydrogen-bond donors (Lipinski definition) is 1. The van der Waals surface area contributed by atoms with E-state index in [0.29, 0.717) is 28.3 Å². The fourth-order valence-electron chi connectivity index (χ4n) is 4.60. The van der Waals surface area contributed by atoms with Gasteiger partial charge in [0.2, 0.25) is 0 Å². The van der Waals surface area contributed by atoms with Crippen molar-refractivity contribution in [3.05, 3.63) is 53.1 Å². The molecule has 1 amide bonds. The van der Waals surface area contributed by atoms with Gasteiger partial charge in [0.1, 0.15) is 5.75 Å². The minimum atomic E-state index is -3.80. The molecule has 0 spiro atoms. The van der Waals surface area contributed by atoms with Gasteiger partial charge < -0.3 is 10.1 Å². The number of ether oxygens (including phenoxy) is 1.